The van der Waals surface area contributed by atoms with E-state index in [0.29, 0.717) is 25.9 Å². The normalized spacial score (nSPS) is 20.1. The second-order valence-electron chi connectivity index (χ2n) is 3.69. The Morgan fingerprint density at radius 1 is 1.43 bits per heavy atom. The summed E-state index contributed by atoms with van der Waals surface area (Å²) in [5, 5.41) is 9.39. The van der Waals surface area contributed by atoms with Gasteiger partial charge in [0.25, 0.3) is 0 Å². The molecule has 0 aromatic carbocycles. The van der Waals surface area contributed by atoms with Crippen molar-refractivity contribution in [3.8, 4) is 0 Å². The largest absolute Gasteiger partial charge is 0.389 e. The van der Waals surface area contributed by atoms with E-state index in [1.165, 1.54) is 12.8 Å². The molecule has 1 rings (SSSR count). The Hall–Kier alpha value is -0.160. The Balaban J connectivity index is 1.91. The minimum Gasteiger partial charge on any atom is -0.389 e. The number of rotatable bonds is 7. The van der Waals surface area contributed by atoms with Gasteiger partial charge in [-0.1, -0.05) is 12.8 Å². The first-order valence-electron chi connectivity index (χ1n) is 5.47. The maximum atomic E-state index is 9.39. The molecule has 1 unspecified atom stereocenters. The number of ether oxygens (including phenoxy) is 1. The van der Waals surface area contributed by atoms with Gasteiger partial charge >= 0.3 is 0 Å². The van der Waals surface area contributed by atoms with Crippen molar-refractivity contribution in [2.24, 2.45) is 0 Å². The molecule has 14 heavy (non-hydrogen) atoms. The molecule has 0 radical (unpaired) electrons. The predicted octanol–water partition coefficient (Wildman–Crippen LogP) is 0.848. The van der Waals surface area contributed by atoms with Crippen LogP contribution in [0.25, 0.3) is 0 Å². The molecular weight excluding hydrogens is 182 g/mol. The summed E-state index contributed by atoms with van der Waals surface area (Å²) in [4.78, 5) is 5.39. The van der Waals surface area contributed by atoms with Crippen molar-refractivity contribution >= 4 is 0 Å². The highest BCUT2D eigenvalue weighted by Crippen LogP contribution is 2.19. The van der Waals surface area contributed by atoms with Gasteiger partial charge in [-0.05, 0) is 19.8 Å². The van der Waals surface area contributed by atoms with Crippen LogP contribution in [0.5, 0.6) is 0 Å². The monoisotopic (exact) mass is 203 g/mol. The van der Waals surface area contributed by atoms with Gasteiger partial charge in [0.2, 0.25) is 0 Å². The van der Waals surface area contributed by atoms with E-state index in [4.69, 9.17) is 9.57 Å². The predicted molar refractivity (Wildman–Crippen MR) is 53.8 cm³/mol. The number of aliphatic hydroxyl groups is 1. The van der Waals surface area contributed by atoms with E-state index in [-0.39, 0.29) is 0 Å². The average molecular weight is 203 g/mol. The maximum Gasteiger partial charge on any atom is 0.0920 e. The van der Waals surface area contributed by atoms with Crippen LogP contribution in [0.15, 0.2) is 0 Å². The highest BCUT2D eigenvalue weighted by molar-refractivity contribution is 4.66. The molecule has 0 aromatic rings. The van der Waals surface area contributed by atoms with E-state index >= 15 is 0 Å². The van der Waals surface area contributed by atoms with Crippen LogP contribution < -0.4 is 5.48 Å². The first-order chi connectivity index (χ1) is 6.83. The van der Waals surface area contributed by atoms with Crippen LogP contribution in [0.1, 0.15) is 32.6 Å². The summed E-state index contributed by atoms with van der Waals surface area (Å²) < 4.78 is 5.07. The van der Waals surface area contributed by atoms with E-state index in [0.717, 1.165) is 12.8 Å². The van der Waals surface area contributed by atoms with E-state index in [1.54, 1.807) is 0 Å². The van der Waals surface area contributed by atoms with Crippen molar-refractivity contribution in [1.82, 2.24) is 5.48 Å². The fraction of sp³-hybridized carbons (Fsp3) is 1.00. The van der Waals surface area contributed by atoms with Crippen LogP contribution in [0.4, 0.5) is 0 Å². The molecule has 0 aromatic heterocycles. The molecule has 1 fully saturated rings. The quantitative estimate of drug-likeness (QED) is 0.602. The lowest BCUT2D eigenvalue weighted by Gasteiger charge is -2.14. The molecule has 0 aliphatic heterocycles. The molecule has 0 saturated heterocycles. The van der Waals surface area contributed by atoms with Gasteiger partial charge in [0.15, 0.2) is 0 Å². The van der Waals surface area contributed by atoms with Gasteiger partial charge in [0.05, 0.1) is 18.8 Å². The summed E-state index contributed by atoms with van der Waals surface area (Å²) in [5.74, 6) is 0. The fourth-order valence-electron chi connectivity index (χ4n) is 1.58. The summed E-state index contributed by atoms with van der Waals surface area (Å²) in [5.41, 5.74) is 2.81. The smallest absolute Gasteiger partial charge is 0.0920 e. The van der Waals surface area contributed by atoms with Crippen molar-refractivity contribution in [2.45, 2.75) is 44.8 Å². The molecular formula is C10H21NO3. The van der Waals surface area contributed by atoms with Gasteiger partial charge in [0, 0.05) is 13.2 Å². The van der Waals surface area contributed by atoms with Gasteiger partial charge in [-0.15, -0.1) is 0 Å². The van der Waals surface area contributed by atoms with Crippen molar-refractivity contribution in [3.63, 3.8) is 0 Å². The highest BCUT2D eigenvalue weighted by Gasteiger charge is 2.15. The Bertz CT molecular complexity index is 137. The van der Waals surface area contributed by atoms with Crippen LogP contribution in [-0.2, 0) is 9.57 Å². The van der Waals surface area contributed by atoms with E-state index < -0.39 is 6.10 Å². The van der Waals surface area contributed by atoms with E-state index in [1.807, 2.05) is 6.92 Å². The zero-order chi connectivity index (χ0) is 10.2. The molecule has 0 spiro atoms. The van der Waals surface area contributed by atoms with Crippen molar-refractivity contribution in [3.05, 3.63) is 0 Å². The van der Waals surface area contributed by atoms with Crippen LogP contribution in [0.3, 0.4) is 0 Å². The van der Waals surface area contributed by atoms with Crippen molar-refractivity contribution in [1.29, 1.82) is 0 Å². The Kier molecular flexibility index (Phi) is 6.10. The number of hydroxylamine groups is 1. The third kappa shape index (κ3) is 4.91. The molecule has 1 aliphatic carbocycles. The summed E-state index contributed by atoms with van der Waals surface area (Å²) >= 11 is 0. The standard InChI is InChI=1S/C10H21NO3/c1-2-13-8-9(12)7-11-14-10-5-3-4-6-10/h9-12H,2-8H2,1H3. The Labute approximate surface area is 85.5 Å². The highest BCUT2D eigenvalue weighted by atomic mass is 16.7. The maximum absolute atomic E-state index is 9.39. The zero-order valence-corrected chi connectivity index (χ0v) is 8.87. The molecule has 2 N–H and O–H groups in total. The van der Waals surface area contributed by atoms with Crippen molar-refractivity contribution in [2.75, 3.05) is 19.8 Å². The summed E-state index contributed by atoms with van der Waals surface area (Å²) in [6.07, 6.45) is 4.65. The van der Waals surface area contributed by atoms with Crippen LogP contribution in [-0.4, -0.2) is 37.1 Å². The first-order valence-corrected chi connectivity index (χ1v) is 5.47. The molecule has 0 heterocycles. The molecule has 84 valence electrons. The zero-order valence-electron chi connectivity index (χ0n) is 8.87. The molecule has 4 nitrogen and oxygen atoms in total. The van der Waals surface area contributed by atoms with Crippen LogP contribution >= 0.6 is 0 Å². The van der Waals surface area contributed by atoms with Gasteiger partial charge in [-0.25, -0.2) is 0 Å². The second kappa shape index (κ2) is 7.17. The van der Waals surface area contributed by atoms with Gasteiger partial charge in [-0.3, -0.25) is 4.84 Å². The Morgan fingerprint density at radius 3 is 2.79 bits per heavy atom. The number of hydrogen-bond acceptors (Lipinski definition) is 4. The average Bonchev–Trinajstić information content (AvgIpc) is 2.67. The minimum absolute atomic E-state index is 0.342. The van der Waals surface area contributed by atoms with E-state index in [9.17, 15) is 5.11 Å². The fourth-order valence-corrected chi connectivity index (χ4v) is 1.58. The van der Waals surface area contributed by atoms with Crippen LogP contribution in [0.2, 0.25) is 0 Å². The summed E-state index contributed by atoms with van der Waals surface area (Å²) in [6, 6.07) is 0. The molecule has 1 atom stereocenters. The number of hydrogen-bond donors (Lipinski definition) is 2. The van der Waals surface area contributed by atoms with E-state index in [2.05, 4.69) is 5.48 Å². The minimum atomic E-state index is -0.476. The first kappa shape index (κ1) is 11.9. The number of aliphatic hydroxyl groups excluding tert-OH is 1. The van der Waals surface area contributed by atoms with Gasteiger partial charge in [0.1, 0.15) is 0 Å². The van der Waals surface area contributed by atoms with Crippen LogP contribution in [0, 0.1) is 0 Å². The molecule has 1 saturated carbocycles. The molecule has 4 heteroatoms. The summed E-state index contributed by atoms with van der Waals surface area (Å²) in [6.45, 7) is 3.36. The SMILES string of the molecule is CCOCC(O)CNOC1CCCC1. The number of nitrogens with one attached hydrogen (secondary N) is 1. The third-order valence-corrected chi connectivity index (χ3v) is 2.39. The lowest BCUT2D eigenvalue weighted by molar-refractivity contribution is -0.0488. The lowest BCUT2D eigenvalue weighted by Crippen LogP contribution is -2.32. The Morgan fingerprint density at radius 2 is 2.14 bits per heavy atom. The topological polar surface area (TPSA) is 50.7 Å². The second-order valence-corrected chi connectivity index (χ2v) is 3.69. The molecule has 0 amide bonds. The summed E-state index contributed by atoms with van der Waals surface area (Å²) in [7, 11) is 0. The molecule has 0 bridgehead atoms. The molecule has 1 aliphatic rings. The third-order valence-electron chi connectivity index (χ3n) is 2.39. The van der Waals surface area contributed by atoms with Gasteiger partial charge < -0.3 is 9.84 Å². The van der Waals surface area contributed by atoms with Crippen molar-refractivity contribution < 1.29 is 14.7 Å². The van der Waals surface area contributed by atoms with Gasteiger partial charge in [-0.2, -0.15) is 5.48 Å². The lowest BCUT2D eigenvalue weighted by atomic mass is 10.3.